The molecule has 3 heteroatoms. The Morgan fingerprint density at radius 1 is 1.33 bits per heavy atom. The van der Waals surface area contributed by atoms with Crippen LogP contribution in [-0.2, 0) is 4.74 Å². The van der Waals surface area contributed by atoms with Gasteiger partial charge in [-0.3, -0.25) is 0 Å². The maximum Gasteiger partial charge on any atom is 0.0882 e. The van der Waals surface area contributed by atoms with Crippen LogP contribution >= 0.6 is 11.3 Å². The van der Waals surface area contributed by atoms with Crippen LogP contribution in [0, 0.1) is 5.41 Å². The molecule has 1 saturated carbocycles. The smallest absolute Gasteiger partial charge is 0.0882 e. The zero-order valence-corrected chi connectivity index (χ0v) is 12.6. The molecule has 1 aromatic heterocycles. The van der Waals surface area contributed by atoms with Gasteiger partial charge in [-0.2, -0.15) is 0 Å². The van der Waals surface area contributed by atoms with Crippen LogP contribution < -0.4 is 5.73 Å². The first kappa shape index (κ1) is 14.0. The van der Waals surface area contributed by atoms with Crippen LogP contribution in [0.4, 0.5) is 0 Å². The van der Waals surface area contributed by atoms with Gasteiger partial charge in [0.2, 0.25) is 0 Å². The summed E-state index contributed by atoms with van der Waals surface area (Å²) in [7, 11) is 0. The van der Waals surface area contributed by atoms with E-state index in [0.717, 1.165) is 19.4 Å². The van der Waals surface area contributed by atoms with Crippen LogP contribution in [0.2, 0.25) is 0 Å². The molecule has 1 atom stereocenters. The standard InChI is InChI=1S/C15H25NOS/c1-4-17-15(9-7-14(2,3)8-10-15)13(16)12-6-5-11-18-12/h5-6,11,13H,4,7-10,16H2,1-3H3. The Bertz CT molecular complexity index is 362. The van der Waals surface area contributed by atoms with Gasteiger partial charge in [0, 0.05) is 11.5 Å². The van der Waals surface area contributed by atoms with Gasteiger partial charge in [-0.25, -0.2) is 0 Å². The average Bonchev–Trinajstić information content (AvgIpc) is 2.85. The van der Waals surface area contributed by atoms with E-state index in [1.807, 2.05) is 0 Å². The fraction of sp³-hybridized carbons (Fsp3) is 0.733. The Balaban J connectivity index is 2.17. The fourth-order valence-corrected chi connectivity index (χ4v) is 3.74. The highest BCUT2D eigenvalue weighted by molar-refractivity contribution is 7.10. The molecule has 1 fully saturated rings. The lowest BCUT2D eigenvalue weighted by Gasteiger charge is -2.46. The van der Waals surface area contributed by atoms with Gasteiger partial charge in [0.25, 0.3) is 0 Å². The van der Waals surface area contributed by atoms with E-state index in [2.05, 4.69) is 38.3 Å². The van der Waals surface area contributed by atoms with Crippen molar-refractivity contribution in [2.45, 2.75) is 58.1 Å². The first-order chi connectivity index (χ1) is 8.49. The first-order valence-corrected chi connectivity index (χ1v) is 7.80. The van der Waals surface area contributed by atoms with Crippen LogP contribution in [0.15, 0.2) is 17.5 Å². The molecule has 0 saturated heterocycles. The molecule has 102 valence electrons. The van der Waals surface area contributed by atoms with E-state index in [1.54, 1.807) is 11.3 Å². The summed E-state index contributed by atoms with van der Waals surface area (Å²) in [4.78, 5) is 1.25. The van der Waals surface area contributed by atoms with Gasteiger partial charge in [0.15, 0.2) is 0 Å². The van der Waals surface area contributed by atoms with E-state index in [4.69, 9.17) is 10.5 Å². The quantitative estimate of drug-likeness (QED) is 0.890. The third kappa shape index (κ3) is 2.79. The van der Waals surface area contributed by atoms with E-state index in [9.17, 15) is 0 Å². The van der Waals surface area contributed by atoms with Gasteiger partial charge >= 0.3 is 0 Å². The zero-order valence-electron chi connectivity index (χ0n) is 11.7. The van der Waals surface area contributed by atoms with E-state index in [1.165, 1.54) is 17.7 Å². The summed E-state index contributed by atoms with van der Waals surface area (Å²) >= 11 is 1.74. The Labute approximate surface area is 115 Å². The van der Waals surface area contributed by atoms with E-state index in [-0.39, 0.29) is 11.6 Å². The molecule has 0 aliphatic heterocycles. The minimum absolute atomic E-state index is 0.0218. The second-order valence-corrected chi connectivity index (χ2v) is 7.13. The summed E-state index contributed by atoms with van der Waals surface area (Å²) in [5.41, 5.74) is 6.81. The molecular formula is C15H25NOS. The normalized spacial score (nSPS) is 23.8. The van der Waals surface area contributed by atoms with Gasteiger partial charge in [-0.15, -0.1) is 11.3 Å². The Morgan fingerprint density at radius 2 is 2.00 bits per heavy atom. The molecule has 1 aliphatic carbocycles. The van der Waals surface area contributed by atoms with Crippen molar-refractivity contribution >= 4 is 11.3 Å². The van der Waals surface area contributed by atoms with Crippen LogP contribution in [-0.4, -0.2) is 12.2 Å². The number of thiophene rings is 1. The van der Waals surface area contributed by atoms with Gasteiger partial charge < -0.3 is 10.5 Å². The number of rotatable bonds is 4. The topological polar surface area (TPSA) is 35.2 Å². The minimum atomic E-state index is -0.144. The largest absolute Gasteiger partial charge is 0.373 e. The summed E-state index contributed by atoms with van der Waals surface area (Å²) in [6.07, 6.45) is 4.55. The third-order valence-corrected chi connectivity index (χ3v) is 5.25. The van der Waals surface area contributed by atoms with E-state index < -0.39 is 0 Å². The monoisotopic (exact) mass is 267 g/mol. The van der Waals surface area contributed by atoms with Gasteiger partial charge in [0.1, 0.15) is 0 Å². The SMILES string of the molecule is CCOC1(C(N)c2cccs2)CCC(C)(C)CC1. The lowest BCUT2D eigenvalue weighted by Crippen LogP contribution is -2.47. The molecule has 1 aliphatic rings. The van der Waals surface area contributed by atoms with Crippen molar-refractivity contribution in [2.75, 3.05) is 6.61 Å². The summed E-state index contributed by atoms with van der Waals surface area (Å²) in [6.45, 7) is 7.52. The van der Waals surface area contributed by atoms with Crippen LogP contribution in [0.5, 0.6) is 0 Å². The van der Waals surface area contributed by atoms with Gasteiger partial charge in [-0.05, 0) is 49.5 Å². The molecule has 0 aromatic carbocycles. The van der Waals surface area contributed by atoms with Gasteiger partial charge in [0.05, 0.1) is 11.6 Å². The number of nitrogens with two attached hydrogens (primary N) is 1. The van der Waals surface area contributed by atoms with Crippen molar-refractivity contribution in [3.63, 3.8) is 0 Å². The first-order valence-electron chi connectivity index (χ1n) is 6.92. The molecule has 1 heterocycles. The molecule has 0 radical (unpaired) electrons. The summed E-state index contributed by atoms with van der Waals surface area (Å²) in [5.74, 6) is 0. The Morgan fingerprint density at radius 3 is 2.50 bits per heavy atom. The summed E-state index contributed by atoms with van der Waals surface area (Å²) in [6, 6.07) is 4.23. The van der Waals surface area contributed by atoms with Crippen LogP contribution in [0.25, 0.3) is 0 Å². The molecular weight excluding hydrogens is 242 g/mol. The third-order valence-electron chi connectivity index (χ3n) is 4.30. The lowest BCUT2D eigenvalue weighted by molar-refractivity contribution is -0.0994. The molecule has 2 rings (SSSR count). The molecule has 2 N–H and O–H groups in total. The molecule has 0 amide bonds. The van der Waals surface area contributed by atoms with Crippen molar-refractivity contribution in [3.05, 3.63) is 22.4 Å². The Hall–Kier alpha value is -0.380. The summed E-state index contributed by atoms with van der Waals surface area (Å²) < 4.78 is 6.13. The molecule has 1 aromatic rings. The average molecular weight is 267 g/mol. The maximum atomic E-state index is 6.51. The molecule has 1 unspecified atom stereocenters. The van der Waals surface area contributed by atoms with Crippen LogP contribution in [0.1, 0.15) is 57.4 Å². The van der Waals surface area contributed by atoms with Gasteiger partial charge in [-0.1, -0.05) is 19.9 Å². The molecule has 18 heavy (non-hydrogen) atoms. The second kappa shape index (κ2) is 5.32. The minimum Gasteiger partial charge on any atom is -0.373 e. The van der Waals surface area contributed by atoms with E-state index >= 15 is 0 Å². The zero-order chi connectivity index (χ0) is 13.2. The summed E-state index contributed by atoms with van der Waals surface area (Å²) in [5, 5.41) is 2.10. The fourth-order valence-electron chi connectivity index (χ4n) is 2.91. The maximum absolute atomic E-state index is 6.51. The highest BCUT2D eigenvalue weighted by Gasteiger charge is 2.44. The molecule has 0 bridgehead atoms. The highest BCUT2D eigenvalue weighted by atomic mass is 32.1. The predicted molar refractivity (Wildman–Crippen MR) is 77.9 cm³/mol. The van der Waals surface area contributed by atoms with Crippen molar-refractivity contribution < 1.29 is 4.74 Å². The van der Waals surface area contributed by atoms with Crippen LogP contribution in [0.3, 0.4) is 0 Å². The van der Waals surface area contributed by atoms with Crippen molar-refractivity contribution in [3.8, 4) is 0 Å². The van der Waals surface area contributed by atoms with Crippen molar-refractivity contribution in [1.82, 2.24) is 0 Å². The lowest BCUT2D eigenvalue weighted by atomic mass is 9.68. The second-order valence-electron chi connectivity index (χ2n) is 6.16. The van der Waals surface area contributed by atoms with Crippen molar-refractivity contribution in [1.29, 1.82) is 0 Å². The highest BCUT2D eigenvalue weighted by Crippen LogP contribution is 2.47. The number of hydrogen-bond acceptors (Lipinski definition) is 3. The van der Waals surface area contributed by atoms with E-state index in [0.29, 0.717) is 5.41 Å². The molecule has 2 nitrogen and oxygen atoms in total. The number of hydrogen-bond donors (Lipinski definition) is 1. The molecule has 0 spiro atoms. The van der Waals surface area contributed by atoms with Crippen molar-refractivity contribution in [2.24, 2.45) is 11.1 Å². The Kier molecular flexibility index (Phi) is 4.15. The number of ether oxygens (including phenoxy) is 1. The predicted octanol–water partition coefficient (Wildman–Crippen LogP) is 4.12.